The number of rotatable bonds is 6. The zero-order valence-corrected chi connectivity index (χ0v) is 31.0. The third kappa shape index (κ3) is 4.95. The lowest BCUT2D eigenvalue weighted by Gasteiger charge is -2.63. The fourth-order valence-electron chi connectivity index (χ4n) is 13.9. The van der Waals surface area contributed by atoms with Gasteiger partial charge in [-0.1, -0.05) is 34.6 Å². The van der Waals surface area contributed by atoms with E-state index in [1.54, 1.807) is 29.4 Å². The Labute approximate surface area is 300 Å². The number of carbonyl (C=O) groups excluding carboxylic acids is 2. The first-order valence-corrected chi connectivity index (χ1v) is 19.2. The standard InChI is InChI=1S/C42H54F2N2O5/c1-24-16-30(22-46(25(2)47)21-26-17-28(43)19-29(44)18-26)50-35-34(24)39(5)13-14-42-23-41(42)12-11-33(51-37(49)27-8-7-15-45-20-27)38(3,4)31(41)9-10-32(42)40(39,6)36(35)48/h7-8,15,17-20,24,30-36,48H,9-14,16,21-23H2,1-6H3/t24-,30?,31+,32?,33+,34+,35?,36+,39?,40-,41?,42?/m1/s1. The molecule has 1 aromatic carbocycles. The molecule has 9 heteroatoms. The minimum atomic E-state index is -0.665. The van der Waals surface area contributed by atoms with Gasteiger partial charge < -0.3 is 19.5 Å². The van der Waals surface area contributed by atoms with Crippen molar-refractivity contribution in [3.63, 3.8) is 0 Å². The molecule has 2 aromatic rings. The first-order valence-electron chi connectivity index (χ1n) is 19.2. The highest BCUT2D eigenvalue weighted by Gasteiger charge is 2.84. The topological polar surface area (TPSA) is 89.0 Å². The number of esters is 1. The van der Waals surface area contributed by atoms with Gasteiger partial charge in [-0.2, -0.15) is 0 Å². The Morgan fingerprint density at radius 3 is 2.41 bits per heavy atom. The van der Waals surface area contributed by atoms with Gasteiger partial charge in [-0.05, 0) is 121 Å². The lowest BCUT2D eigenvalue weighted by atomic mass is 9.41. The molecule has 7 nitrogen and oxygen atoms in total. The molecule has 12 atom stereocenters. The number of aliphatic hydroxyl groups excluding tert-OH is 1. The second kappa shape index (κ2) is 11.8. The summed E-state index contributed by atoms with van der Waals surface area (Å²) in [7, 11) is 0. The molecule has 1 N–H and O–H groups in total. The van der Waals surface area contributed by atoms with Crippen LogP contribution in [0.1, 0.15) is 109 Å². The zero-order chi connectivity index (χ0) is 36.3. The van der Waals surface area contributed by atoms with Crippen LogP contribution in [0.2, 0.25) is 0 Å². The Morgan fingerprint density at radius 1 is 1.02 bits per heavy atom. The third-order valence-corrected chi connectivity index (χ3v) is 16.1. The SMILES string of the molecule is CC(=O)N(Cc1cc(F)cc(F)c1)CC1C[C@@H](C)[C@H]2C(O1)[C@H](O)[C@@]1(C)C3CC[C@H]4C(C)(C)[C@@H](OC(=O)c5cccnc5)CCC45CC35CCC21C. The van der Waals surface area contributed by atoms with E-state index in [1.807, 2.05) is 0 Å². The number of nitrogens with zero attached hydrogens (tertiary/aromatic N) is 2. The molecular weight excluding hydrogens is 650 g/mol. The van der Waals surface area contributed by atoms with E-state index in [-0.39, 0.29) is 75.6 Å². The summed E-state index contributed by atoms with van der Waals surface area (Å²) in [6, 6.07) is 6.90. The largest absolute Gasteiger partial charge is 0.458 e. The molecule has 51 heavy (non-hydrogen) atoms. The Kier molecular flexibility index (Phi) is 8.13. The second-order valence-electron chi connectivity index (χ2n) is 18.5. The van der Waals surface area contributed by atoms with Crippen molar-refractivity contribution in [2.45, 2.75) is 124 Å². The molecule has 1 aromatic heterocycles. The number of halogens is 2. The molecule has 5 aliphatic carbocycles. The van der Waals surface area contributed by atoms with E-state index in [2.05, 4.69) is 39.6 Å². The van der Waals surface area contributed by atoms with Crippen molar-refractivity contribution in [2.75, 3.05) is 6.54 Å². The summed E-state index contributed by atoms with van der Waals surface area (Å²) in [4.78, 5) is 31.6. The number of fused-ring (bicyclic) bond motifs is 4. The summed E-state index contributed by atoms with van der Waals surface area (Å²) < 4.78 is 41.1. The maximum Gasteiger partial charge on any atom is 0.339 e. The molecule has 1 aliphatic heterocycles. The fourth-order valence-corrected chi connectivity index (χ4v) is 13.9. The smallest absolute Gasteiger partial charge is 0.339 e. The molecular formula is C42H54F2N2O5. The van der Waals surface area contributed by atoms with Crippen molar-refractivity contribution in [1.82, 2.24) is 9.88 Å². The molecule has 1 amide bonds. The summed E-state index contributed by atoms with van der Waals surface area (Å²) in [6.07, 6.45) is 9.98. The maximum absolute atomic E-state index is 14.0. The Morgan fingerprint density at radius 2 is 1.73 bits per heavy atom. The van der Waals surface area contributed by atoms with Gasteiger partial charge in [0.25, 0.3) is 0 Å². The molecule has 0 radical (unpaired) electrons. The van der Waals surface area contributed by atoms with Crippen LogP contribution in [0, 0.1) is 62.4 Å². The van der Waals surface area contributed by atoms with E-state index in [9.17, 15) is 23.5 Å². The number of aliphatic hydroxyl groups is 1. The third-order valence-electron chi connectivity index (χ3n) is 16.1. The molecule has 6 fully saturated rings. The van der Waals surface area contributed by atoms with E-state index < -0.39 is 17.7 Å². The van der Waals surface area contributed by atoms with Crippen molar-refractivity contribution in [3.05, 3.63) is 65.5 Å². The van der Waals surface area contributed by atoms with Crippen LogP contribution in [0.15, 0.2) is 42.7 Å². The number of aromatic nitrogens is 1. The average Bonchev–Trinajstić information content (AvgIpc) is 3.70. The number of ether oxygens (including phenoxy) is 2. The van der Waals surface area contributed by atoms with Crippen LogP contribution in [0.3, 0.4) is 0 Å². The number of pyridine rings is 1. The normalized spacial score (nSPS) is 43.1. The van der Waals surface area contributed by atoms with Gasteiger partial charge in [0.05, 0.1) is 23.9 Å². The number of amides is 1. The molecule has 276 valence electrons. The predicted molar refractivity (Wildman–Crippen MR) is 187 cm³/mol. The molecule has 1 saturated heterocycles. The van der Waals surface area contributed by atoms with Gasteiger partial charge >= 0.3 is 5.97 Å². The van der Waals surface area contributed by atoms with E-state index in [0.717, 1.165) is 51.0 Å². The number of benzene rings is 1. The highest BCUT2D eigenvalue weighted by atomic mass is 19.1. The minimum absolute atomic E-state index is 0.0953. The predicted octanol–water partition coefficient (Wildman–Crippen LogP) is 7.75. The molecule has 8 rings (SSSR count). The van der Waals surface area contributed by atoms with Crippen molar-refractivity contribution < 1.29 is 33.0 Å². The summed E-state index contributed by atoms with van der Waals surface area (Å²) in [6.45, 7) is 13.6. The van der Waals surface area contributed by atoms with Gasteiger partial charge in [-0.25, -0.2) is 13.6 Å². The minimum Gasteiger partial charge on any atom is -0.458 e. The van der Waals surface area contributed by atoms with Gasteiger partial charge in [0.1, 0.15) is 17.7 Å². The Hall–Kier alpha value is -2.91. The lowest BCUT2D eigenvalue weighted by Crippen LogP contribution is -2.60. The highest BCUT2D eigenvalue weighted by Crippen LogP contribution is 2.89. The quantitative estimate of drug-likeness (QED) is 0.310. The number of hydrogen-bond donors (Lipinski definition) is 1. The van der Waals surface area contributed by atoms with Crippen molar-refractivity contribution in [3.8, 4) is 0 Å². The number of carbonyl (C=O) groups is 2. The summed E-state index contributed by atoms with van der Waals surface area (Å²) >= 11 is 0. The van der Waals surface area contributed by atoms with Crippen LogP contribution in [0.25, 0.3) is 0 Å². The monoisotopic (exact) mass is 704 g/mol. The molecule has 0 bridgehead atoms. The molecule has 6 unspecified atom stereocenters. The molecule has 2 spiro atoms. The molecule has 6 aliphatic rings. The van der Waals surface area contributed by atoms with Gasteiger partial charge in [0, 0.05) is 49.3 Å². The van der Waals surface area contributed by atoms with Gasteiger partial charge in [0.15, 0.2) is 0 Å². The lowest BCUT2D eigenvalue weighted by molar-refractivity contribution is -0.183. The van der Waals surface area contributed by atoms with Gasteiger partial charge in [-0.15, -0.1) is 0 Å². The maximum atomic E-state index is 14.0. The molecule has 2 heterocycles. The highest BCUT2D eigenvalue weighted by molar-refractivity contribution is 5.89. The fraction of sp³-hybridized carbons (Fsp3) is 0.690. The van der Waals surface area contributed by atoms with Crippen LogP contribution in [0.5, 0.6) is 0 Å². The van der Waals surface area contributed by atoms with Crippen LogP contribution >= 0.6 is 0 Å². The first-order chi connectivity index (χ1) is 24.1. The van der Waals surface area contributed by atoms with Gasteiger partial charge in [0.2, 0.25) is 5.91 Å². The van der Waals surface area contributed by atoms with E-state index >= 15 is 0 Å². The van der Waals surface area contributed by atoms with E-state index in [4.69, 9.17) is 9.47 Å². The first kappa shape index (κ1) is 35.1. The van der Waals surface area contributed by atoms with Crippen LogP contribution < -0.4 is 0 Å². The summed E-state index contributed by atoms with van der Waals surface area (Å²) in [5.74, 6) is -0.519. The molecule has 5 saturated carbocycles. The van der Waals surface area contributed by atoms with Crippen molar-refractivity contribution in [2.24, 2.45) is 50.7 Å². The summed E-state index contributed by atoms with van der Waals surface area (Å²) in [5, 5.41) is 12.6. The average molecular weight is 705 g/mol. The van der Waals surface area contributed by atoms with Crippen LogP contribution in [0.4, 0.5) is 8.78 Å². The number of hydrogen-bond acceptors (Lipinski definition) is 6. The Balaban J connectivity index is 1.02. The van der Waals surface area contributed by atoms with E-state index in [1.165, 1.54) is 25.5 Å². The van der Waals surface area contributed by atoms with Crippen molar-refractivity contribution >= 4 is 11.9 Å². The van der Waals surface area contributed by atoms with Crippen LogP contribution in [-0.4, -0.2) is 57.8 Å². The van der Waals surface area contributed by atoms with E-state index in [0.29, 0.717) is 29.5 Å². The van der Waals surface area contributed by atoms with Crippen molar-refractivity contribution in [1.29, 1.82) is 0 Å². The second-order valence-corrected chi connectivity index (χ2v) is 18.5. The van der Waals surface area contributed by atoms with Crippen LogP contribution in [-0.2, 0) is 20.8 Å². The van der Waals surface area contributed by atoms with Gasteiger partial charge in [-0.3, -0.25) is 9.78 Å². The zero-order valence-electron chi connectivity index (χ0n) is 31.0. The Bertz CT molecular complexity index is 1700. The summed E-state index contributed by atoms with van der Waals surface area (Å²) in [5.41, 5.74) is 0.666.